The first-order valence-corrected chi connectivity index (χ1v) is 19.5. The summed E-state index contributed by atoms with van der Waals surface area (Å²) >= 11 is 13.6. The van der Waals surface area contributed by atoms with E-state index in [1.807, 2.05) is 36.4 Å². The molecule has 0 spiro atoms. The molecule has 8 aromatic rings. The quantitative estimate of drug-likeness (QED) is 0.0504. The first-order valence-electron chi connectivity index (χ1n) is 18.7. The van der Waals surface area contributed by atoms with Gasteiger partial charge in [-0.15, -0.1) is 0 Å². The molecule has 8 rings (SSSR count). The lowest BCUT2D eigenvalue weighted by Crippen LogP contribution is -2.49. The number of hydrogen-bond acceptors (Lipinski definition) is 16. The summed E-state index contributed by atoms with van der Waals surface area (Å²) in [6.07, 6.45) is 12.3. The number of pyridine rings is 2. The van der Waals surface area contributed by atoms with Crippen molar-refractivity contribution in [2.75, 3.05) is 46.8 Å². The molecule has 0 atom stereocenters. The van der Waals surface area contributed by atoms with Crippen LogP contribution in [0.1, 0.15) is 0 Å². The summed E-state index contributed by atoms with van der Waals surface area (Å²) < 4.78 is 0. The fourth-order valence-electron chi connectivity index (χ4n) is 6.32. The third kappa shape index (κ3) is 9.05. The molecule has 0 aliphatic rings. The third-order valence-electron chi connectivity index (χ3n) is 9.25. The van der Waals surface area contributed by atoms with E-state index in [1.165, 1.54) is 36.7 Å². The molecule has 62 heavy (non-hydrogen) atoms. The minimum Gasteiger partial charge on any atom is -0.368 e. The van der Waals surface area contributed by atoms with Gasteiger partial charge in [-0.1, -0.05) is 59.6 Å². The van der Waals surface area contributed by atoms with Crippen molar-refractivity contribution in [1.29, 1.82) is 0 Å². The molecule has 0 fully saturated rings. The zero-order chi connectivity index (χ0) is 43.0. The number of halogens is 2. The standard InChI is InChI=1S/C40H32Cl2N16O4/c41-31-7-3-1-5-27(31)35-29(37-45-13-14-46-37)23-51-39(53-35)55(19-17-43-33-11-9-25(21-49-33)57(59)60)56(20-18-44-34-12-10-26(22-50-34)58(61)62)40-52-24-30(38-47-15-16-48-38)36(54-40)28-6-2-4-8-32(28)42/h1-16,21-24H,17-20H2,(H,43,49)(H,44,50)(H,45,46)(H,47,48). The number of hydrogen-bond donors (Lipinski definition) is 4. The summed E-state index contributed by atoms with van der Waals surface area (Å²) in [6.45, 7) is 0.735. The van der Waals surface area contributed by atoms with Gasteiger partial charge in [0.25, 0.3) is 11.4 Å². The summed E-state index contributed by atoms with van der Waals surface area (Å²) in [6, 6.07) is 20.3. The molecule has 4 N–H and O–H groups in total. The SMILES string of the molecule is O=[N+]([O-])c1ccc(NCCN(c2ncc(-c3ncc[nH]3)c(-c3ccccc3Cl)n2)N(CCNc2ccc([N+](=O)[O-])cn2)c2ncc(-c3ncc[nH]3)c(-c3ccccc3Cl)n2)nc1. The Morgan fingerprint density at radius 2 is 0.984 bits per heavy atom. The molecule has 2 aromatic carbocycles. The Hall–Kier alpha value is -8.10. The lowest BCUT2D eigenvalue weighted by atomic mass is 10.1. The van der Waals surface area contributed by atoms with E-state index in [4.69, 9.17) is 43.1 Å². The van der Waals surface area contributed by atoms with E-state index < -0.39 is 9.85 Å². The summed E-state index contributed by atoms with van der Waals surface area (Å²) in [5.41, 5.74) is 3.05. The maximum absolute atomic E-state index is 11.3. The van der Waals surface area contributed by atoms with Crippen molar-refractivity contribution < 1.29 is 9.85 Å². The Balaban J connectivity index is 1.26. The fraction of sp³-hybridized carbons (Fsp3) is 0.100. The van der Waals surface area contributed by atoms with Gasteiger partial charge in [-0.25, -0.2) is 49.9 Å². The van der Waals surface area contributed by atoms with Crippen molar-refractivity contribution in [2.45, 2.75) is 0 Å². The Morgan fingerprint density at radius 3 is 1.34 bits per heavy atom. The number of nitrogens with one attached hydrogen (secondary N) is 4. The summed E-state index contributed by atoms with van der Waals surface area (Å²) in [7, 11) is 0. The van der Waals surface area contributed by atoms with Crippen LogP contribution in [-0.2, 0) is 0 Å². The van der Waals surface area contributed by atoms with Crippen molar-refractivity contribution in [3.63, 3.8) is 0 Å². The van der Waals surface area contributed by atoms with E-state index in [0.717, 1.165) is 0 Å². The van der Waals surface area contributed by atoms with Gasteiger partial charge in [0.15, 0.2) is 0 Å². The van der Waals surface area contributed by atoms with Crippen molar-refractivity contribution in [2.24, 2.45) is 0 Å². The van der Waals surface area contributed by atoms with Gasteiger partial charge in [0.2, 0.25) is 11.9 Å². The minimum atomic E-state index is -0.523. The Morgan fingerprint density at radius 1 is 0.548 bits per heavy atom. The Bertz CT molecular complexity index is 2620. The number of hydrazine groups is 1. The van der Waals surface area contributed by atoms with Gasteiger partial charge in [-0.2, -0.15) is 0 Å². The maximum Gasteiger partial charge on any atom is 0.287 e. The van der Waals surface area contributed by atoms with E-state index in [9.17, 15) is 20.2 Å². The lowest BCUT2D eigenvalue weighted by Gasteiger charge is -2.35. The predicted octanol–water partition coefficient (Wildman–Crippen LogP) is 7.75. The maximum atomic E-state index is 11.3. The van der Waals surface area contributed by atoms with Crippen molar-refractivity contribution in [3.8, 4) is 45.3 Å². The van der Waals surface area contributed by atoms with Crippen molar-refractivity contribution in [3.05, 3.63) is 153 Å². The fourth-order valence-corrected chi connectivity index (χ4v) is 6.77. The predicted molar refractivity (Wildman–Crippen MR) is 234 cm³/mol. The van der Waals surface area contributed by atoms with E-state index >= 15 is 0 Å². The van der Waals surface area contributed by atoms with E-state index in [1.54, 1.807) is 59.3 Å². The number of aromatic amines is 2. The second kappa shape index (κ2) is 18.4. The van der Waals surface area contributed by atoms with Gasteiger partial charge in [0.05, 0.1) is 45.5 Å². The van der Waals surface area contributed by atoms with Crippen LogP contribution in [0.3, 0.4) is 0 Å². The first kappa shape index (κ1) is 40.7. The van der Waals surface area contributed by atoms with Crippen LogP contribution in [0.4, 0.5) is 34.9 Å². The summed E-state index contributed by atoms with van der Waals surface area (Å²) in [4.78, 5) is 65.2. The van der Waals surface area contributed by atoms with Crippen LogP contribution in [0.25, 0.3) is 45.3 Å². The number of anilines is 4. The highest BCUT2D eigenvalue weighted by Gasteiger charge is 2.27. The highest BCUT2D eigenvalue weighted by Crippen LogP contribution is 2.36. The monoisotopic (exact) mass is 870 g/mol. The highest BCUT2D eigenvalue weighted by molar-refractivity contribution is 6.33. The third-order valence-corrected chi connectivity index (χ3v) is 9.91. The number of imidazole rings is 2. The van der Waals surface area contributed by atoms with Crippen LogP contribution in [0.2, 0.25) is 10.0 Å². The minimum absolute atomic E-state index is 0.153. The van der Waals surface area contributed by atoms with Crippen LogP contribution < -0.4 is 20.7 Å². The number of aromatic nitrogens is 10. The molecular weight excluding hydrogens is 839 g/mol. The smallest absolute Gasteiger partial charge is 0.287 e. The summed E-state index contributed by atoms with van der Waals surface area (Å²) in [5, 5.41) is 33.5. The molecule has 0 radical (unpaired) electrons. The molecule has 310 valence electrons. The molecule has 0 aliphatic heterocycles. The Labute approximate surface area is 361 Å². The lowest BCUT2D eigenvalue weighted by molar-refractivity contribution is -0.385. The molecule has 0 saturated heterocycles. The molecule has 6 aromatic heterocycles. The molecule has 0 unspecified atom stereocenters. The first-order chi connectivity index (χ1) is 30.2. The normalized spacial score (nSPS) is 10.9. The van der Waals surface area contributed by atoms with E-state index in [2.05, 4.69) is 40.5 Å². The average Bonchev–Trinajstić information content (AvgIpc) is 4.04. The molecule has 6 heterocycles. The Kier molecular flexibility index (Phi) is 12.1. The van der Waals surface area contributed by atoms with Gasteiger partial charge in [-0.05, 0) is 24.3 Å². The van der Waals surface area contributed by atoms with E-state index in [-0.39, 0.29) is 49.5 Å². The van der Waals surface area contributed by atoms with Gasteiger partial charge >= 0.3 is 0 Å². The summed E-state index contributed by atoms with van der Waals surface area (Å²) in [5.74, 6) is 2.22. The van der Waals surface area contributed by atoms with E-state index in [0.29, 0.717) is 67.0 Å². The molecule has 0 bridgehead atoms. The number of benzene rings is 2. The second-order valence-electron chi connectivity index (χ2n) is 13.1. The molecular formula is C40H32Cl2N16O4. The topological polar surface area (TPSA) is 252 Å². The number of nitrogens with zero attached hydrogens (tertiary/aromatic N) is 12. The van der Waals surface area contributed by atoms with Gasteiger partial charge in [0.1, 0.15) is 35.7 Å². The molecule has 0 saturated carbocycles. The average molecular weight is 872 g/mol. The van der Waals surface area contributed by atoms with Crippen LogP contribution in [0.15, 0.2) is 122 Å². The number of nitro groups is 2. The van der Waals surface area contributed by atoms with Gasteiger partial charge < -0.3 is 20.6 Å². The molecule has 20 nitrogen and oxygen atoms in total. The van der Waals surface area contributed by atoms with Crippen LogP contribution >= 0.6 is 23.2 Å². The molecule has 0 amide bonds. The second-order valence-corrected chi connectivity index (χ2v) is 13.9. The van der Waals surface area contributed by atoms with Gasteiger partial charge in [-0.3, -0.25) is 20.2 Å². The zero-order valence-corrected chi connectivity index (χ0v) is 33.6. The van der Waals surface area contributed by atoms with Crippen molar-refractivity contribution in [1.82, 2.24) is 49.8 Å². The zero-order valence-electron chi connectivity index (χ0n) is 32.1. The largest absolute Gasteiger partial charge is 0.368 e. The van der Waals surface area contributed by atoms with Crippen LogP contribution in [0, 0.1) is 20.2 Å². The molecule has 22 heteroatoms. The number of H-pyrrole nitrogens is 2. The highest BCUT2D eigenvalue weighted by atomic mass is 35.5. The van der Waals surface area contributed by atoms with Crippen LogP contribution in [-0.4, -0.2) is 85.9 Å². The van der Waals surface area contributed by atoms with Crippen molar-refractivity contribution >= 4 is 58.1 Å². The molecule has 0 aliphatic carbocycles. The van der Waals surface area contributed by atoms with Gasteiger partial charge in [0, 0.05) is 83.6 Å². The van der Waals surface area contributed by atoms with Crippen LogP contribution in [0.5, 0.6) is 0 Å². The number of rotatable bonds is 17.